The van der Waals surface area contributed by atoms with E-state index < -0.39 is 0 Å². The molecule has 31 heavy (non-hydrogen) atoms. The van der Waals surface area contributed by atoms with Gasteiger partial charge in [0.05, 0.1) is 12.8 Å². The van der Waals surface area contributed by atoms with Crippen molar-refractivity contribution in [3.63, 3.8) is 0 Å². The molecule has 0 unspecified atom stereocenters. The number of hydrogen-bond donors (Lipinski definition) is 2. The van der Waals surface area contributed by atoms with Crippen molar-refractivity contribution in [2.75, 3.05) is 51.3 Å². The molecule has 4 rings (SSSR count). The number of nitrogens with one attached hydrogen (secondary N) is 2. The highest BCUT2D eigenvalue weighted by atomic mass is 16.5. The quantitative estimate of drug-likeness (QED) is 0.549. The molecule has 0 spiro atoms. The number of methoxy groups -OCH3 is 1. The summed E-state index contributed by atoms with van der Waals surface area (Å²) in [5.41, 5.74) is 3.44. The molecule has 2 aromatic carbocycles. The number of piperazine rings is 1. The second-order valence-corrected chi connectivity index (χ2v) is 7.67. The smallest absolute Gasteiger partial charge is 0.269 e. The highest BCUT2D eigenvalue weighted by Gasteiger charge is 2.17. The predicted molar refractivity (Wildman–Crippen MR) is 123 cm³/mol. The van der Waals surface area contributed by atoms with Gasteiger partial charge in [-0.2, -0.15) is 5.10 Å². The molecule has 0 atom stereocenters. The van der Waals surface area contributed by atoms with E-state index in [2.05, 4.69) is 55.6 Å². The Bertz CT molecular complexity index is 963. The van der Waals surface area contributed by atoms with E-state index in [9.17, 15) is 4.79 Å². The maximum atomic E-state index is 12.4. The lowest BCUT2D eigenvalue weighted by Gasteiger charge is -2.36. The summed E-state index contributed by atoms with van der Waals surface area (Å²) < 4.78 is 5.17. The Morgan fingerprint density at radius 2 is 1.81 bits per heavy atom. The van der Waals surface area contributed by atoms with Gasteiger partial charge in [0.2, 0.25) is 0 Å². The van der Waals surface area contributed by atoms with Gasteiger partial charge in [0.25, 0.3) is 5.91 Å². The Balaban J connectivity index is 1.18. The Hall–Kier alpha value is -3.32. The lowest BCUT2D eigenvalue weighted by molar-refractivity contribution is 0.0946. The third kappa shape index (κ3) is 5.44. The zero-order valence-electron chi connectivity index (χ0n) is 17.9. The summed E-state index contributed by atoms with van der Waals surface area (Å²) in [5.74, 6) is 0.667. The van der Waals surface area contributed by atoms with Crippen molar-refractivity contribution in [2.45, 2.75) is 6.42 Å². The highest BCUT2D eigenvalue weighted by Crippen LogP contribution is 2.21. The maximum absolute atomic E-state index is 12.4. The number of anilines is 1. The van der Waals surface area contributed by atoms with Crippen LogP contribution in [-0.4, -0.2) is 67.4 Å². The molecule has 0 aliphatic carbocycles. The first-order valence-electron chi connectivity index (χ1n) is 10.7. The lowest BCUT2D eigenvalue weighted by atomic mass is 10.1. The van der Waals surface area contributed by atoms with Crippen LogP contribution >= 0.6 is 0 Å². The number of aromatic amines is 1. The van der Waals surface area contributed by atoms with Gasteiger partial charge in [0.15, 0.2) is 0 Å². The van der Waals surface area contributed by atoms with Gasteiger partial charge in [-0.1, -0.05) is 18.2 Å². The van der Waals surface area contributed by atoms with Crippen molar-refractivity contribution in [3.05, 3.63) is 66.4 Å². The van der Waals surface area contributed by atoms with Crippen molar-refractivity contribution in [2.24, 2.45) is 0 Å². The van der Waals surface area contributed by atoms with E-state index in [1.807, 2.05) is 24.3 Å². The number of H-pyrrole nitrogens is 1. The second kappa shape index (κ2) is 10.1. The number of para-hydroxylation sites is 1. The number of benzene rings is 2. The molecular formula is C24H29N5O2. The lowest BCUT2D eigenvalue weighted by Crippen LogP contribution is -2.47. The van der Waals surface area contributed by atoms with Crippen LogP contribution < -0.4 is 15.0 Å². The van der Waals surface area contributed by atoms with Crippen molar-refractivity contribution in [1.29, 1.82) is 0 Å². The molecule has 7 heteroatoms. The van der Waals surface area contributed by atoms with E-state index in [-0.39, 0.29) is 5.91 Å². The second-order valence-electron chi connectivity index (χ2n) is 7.67. The average Bonchev–Trinajstić information content (AvgIpc) is 3.33. The normalized spacial score (nSPS) is 14.4. The molecule has 1 aliphatic heterocycles. The number of hydrogen-bond acceptors (Lipinski definition) is 5. The Kier molecular flexibility index (Phi) is 6.84. The van der Waals surface area contributed by atoms with Gasteiger partial charge in [0, 0.05) is 44.0 Å². The number of amides is 1. The van der Waals surface area contributed by atoms with Crippen molar-refractivity contribution in [3.8, 4) is 17.0 Å². The van der Waals surface area contributed by atoms with Crippen LogP contribution in [0.3, 0.4) is 0 Å². The van der Waals surface area contributed by atoms with Gasteiger partial charge in [-0.15, -0.1) is 0 Å². The minimum atomic E-state index is -0.124. The van der Waals surface area contributed by atoms with E-state index in [1.54, 1.807) is 13.2 Å². The first-order chi connectivity index (χ1) is 15.2. The molecule has 1 saturated heterocycles. The van der Waals surface area contributed by atoms with E-state index in [0.29, 0.717) is 12.2 Å². The Morgan fingerprint density at radius 3 is 2.52 bits per heavy atom. The standard InChI is InChI=1S/C24H29N5O2/c1-31-21-10-8-19(9-11-21)22-18-23(27-26-22)24(30)25-12-5-13-28-14-16-29(17-15-28)20-6-3-2-4-7-20/h2-4,6-11,18H,5,12-17H2,1H3,(H,25,30)(H,26,27). The maximum Gasteiger partial charge on any atom is 0.269 e. The molecule has 2 heterocycles. The zero-order chi connectivity index (χ0) is 21.5. The van der Waals surface area contributed by atoms with Crippen LogP contribution in [0.4, 0.5) is 5.69 Å². The van der Waals surface area contributed by atoms with E-state index in [0.717, 1.165) is 56.2 Å². The van der Waals surface area contributed by atoms with Crippen LogP contribution in [-0.2, 0) is 0 Å². The van der Waals surface area contributed by atoms with Crippen LogP contribution in [0.5, 0.6) is 5.75 Å². The molecule has 1 aliphatic rings. The summed E-state index contributed by atoms with van der Waals surface area (Å²) in [6.07, 6.45) is 0.927. The third-order valence-corrected chi connectivity index (χ3v) is 5.64. The largest absolute Gasteiger partial charge is 0.497 e. The molecule has 2 N–H and O–H groups in total. The zero-order valence-corrected chi connectivity index (χ0v) is 17.9. The van der Waals surface area contributed by atoms with Crippen molar-refractivity contribution in [1.82, 2.24) is 20.4 Å². The first kappa shape index (κ1) is 20.9. The van der Waals surface area contributed by atoms with Crippen molar-refractivity contribution >= 4 is 11.6 Å². The summed E-state index contributed by atoms with van der Waals surface area (Å²) in [6, 6.07) is 19.9. The SMILES string of the molecule is COc1ccc(-c2cc(C(=O)NCCCN3CCN(c4ccccc4)CC3)[nH]n2)cc1. The van der Waals surface area contributed by atoms with Gasteiger partial charge >= 0.3 is 0 Å². The van der Waals surface area contributed by atoms with Gasteiger partial charge in [-0.05, 0) is 55.4 Å². The van der Waals surface area contributed by atoms with Gasteiger partial charge < -0.3 is 15.0 Å². The topological polar surface area (TPSA) is 73.5 Å². The molecule has 1 amide bonds. The average molecular weight is 420 g/mol. The molecule has 0 radical (unpaired) electrons. The molecule has 0 bridgehead atoms. The minimum absolute atomic E-state index is 0.124. The van der Waals surface area contributed by atoms with Gasteiger partial charge in [-0.25, -0.2) is 0 Å². The highest BCUT2D eigenvalue weighted by molar-refractivity contribution is 5.93. The number of carbonyl (C=O) groups excluding carboxylic acids is 1. The van der Waals surface area contributed by atoms with Crippen LogP contribution in [0.25, 0.3) is 11.3 Å². The van der Waals surface area contributed by atoms with Crippen LogP contribution in [0.2, 0.25) is 0 Å². The first-order valence-corrected chi connectivity index (χ1v) is 10.7. The molecule has 7 nitrogen and oxygen atoms in total. The molecular weight excluding hydrogens is 390 g/mol. The molecule has 3 aromatic rings. The van der Waals surface area contributed by atoms with Crippen molar-refractivity contribution < 1.29 is 9.53 Å². The Morgan fingerprint density at radius 1 is 1.06 bits per heavy atom. The van der Waals surface area contributed by atoms with E-state index in [1.165, 1.54) is 5.69 Å². The summed E-state index contributed by atoms with van der Waals surface area (Å²) in [6.45, 7) is 5.82. The van der Waals surface area contributed by atoms with Gasteiger partial charge in [-0.3, -0.25) is 14.8 Å². The number of aromatic nitrogens is 2. The molecule has 0 saturated carbocycles. The van der Waals surface area contributed by atoms with E-state index in [4.69, 9.17) is 4.74 Å². The fourth-order valence-electron chi connectivity index (χ4n) is 3.82. The minimum Gasteiger partial charge on any atom is -0.497 e. The monoisotopic (exact) mass is 419 g/mol. The van der Waals surface area contributed by atoms with E-state index >= 15 is 0 Å². The number of nitrogens with zero attached hydrogens (tertiary/aromatic N) is 3. The third-order valence-electron chi connectivity index (χ3n) is 5.64. The fourth-order valence-corrected chi connectivity index (χ4v) is 3.82. The molecule has 1 aromatic heterocycles. The number of rotatable bonds is 8. The Labute approximate surface area is 183 Å². The molecule has 1 fully saturated rings. The van der Waals surface area contributed by atoms with Gasteiger partial charge in [0.1, 0.15) is 11.4 Å². The summed E-state index contributed by atoms with van der Waals surface area (Å²) >= 11 is 0. The summed E-state index contributed by atoms with van der Waals surface area (Å²) in [7, 11) is 1.64. The number of carbonyl (C=O) groups is 1. The van der Waals surface area contributed by atoms with Crippen LogP contribution in [0.1, 0.15) is 16.9 Å². The summed E-state index contributed by atoms with van der Waals surface area (Å²) in [4.78, 5) is 17.3. The predicted octanol–water partition coefficient (Wildman–Crippen LogP) is 3.03. The molecule has 162 valence electrons. The number of ether oxygens (including phenoxy) is 1. The summed E-state index contributed by atoms with van der Waals surface area (Å²) in [5, 5.41) is 10.1. The van der Waals surface area contributed by atoms with Crippen LogP contribution in [0, 0.1) is 0 Å². The van der Waals surface area contributed by atoms with Crippen LogP contribution in [0.15, 0.2) is 60.7 Å². The fraction of sp³-hybridized carbons (Fsp3) is 0.333.